The van der Waals surface area contributed by atoms with Crippen LogP contribution >= 0.6 is 23.1 Å². The van der Waals surface area contributed by atoms with E-state index >= 15 is 0 Å². The fourth-order valence-electron chi connectivity index (χ4n) is 2.84. The summed E-state index contributed by atoms with van der Waals surface area (Å²) in [4.78, 5) is 30.4. The third kappa shape index (κ3) is 5.71. The highest BCUT2D eigenvalue weighted by Crippen LogP contribution is 2.25. The highest BCUT2D eigenvalue weighted by atomic mass is 32.2. The lowest BCUT2D eigenvalue weighted by molar-refractivity contribution is -0.116. The Morgan fingerprint density at radius 1 is 1.16 bits per heavy atom. The SMILES string of the molecule is Cc1ccc(NC(=O)Cc2nnc(S[C@H](C)C(=O)Nc3nc(C)c(C)s3)n2C)c(C)c1. The second kappa shape index (κ2) is 9.61. The largest absolute Gasteiger partial charge is 0.325 e. The van der Waals surface area contributed by atoms with Gasteiger partial charge in [-0.1, -0.05) is 29.5 Å². The van der Waals surface area contributed by atoms with Gasteiger partial charge in [-0.3, -0.25) is 9.59 Å². The molecule has 0 saturated heterocycles. The smallest absolute Gasteiger partial charge is 0.239 e. The standard InChI is InChI=1S/C21H26N6O2S2/c1-11-7-8-16(12(2)9-11)23-18(28)10-17-25-26-21(27(17)6)31-15(5)19(29)24-20-22-13(3)14(4)30-20/h7-9,15H,10H2,1-6H3,(H,23,28)(H,22,24,29)/t15-/m1/s1. The molecule has 164 valence electrons. The number of thioether (sulfide) groups is 1. The maximum Gasteiger partial charge on any atom is 0.239 e. The van der Waals surface area contributed by atoms with Gasteiger partial charge in [0.2, 0.25) is 11.8 Å². The Morgan fingerprint density at radius 2 is 1.90 bits per heavy atom. The van der Waals surface area contributed by atoms with Crippen LogP contribution in [0.4, 0.5) is 10.8 Å². The molecule has 0 aliphatic rings. The number of nitrogens with one attached hydrogen (secondary N) is 2. The van der Waals surface area contributed by atoms with Crippen molar-refractivity contribution in [1.82, 2.24) is 19.7 Å². The Balaban J connectivity index is 1.59. The molecule has 0 radical (unpaired) electrons. The number of thiazole rings is 1. The normalized spacial score (nSPS) is 11.9. The Hall–Kier alpha value is -2.72. The number of nitrogens with zero attached hydrogens (tertiary/aromatic N) is 4. The maximum atomic E-state index is 12.5. The number of amides is 2. The van der Waals surface area contributed by atoms with Crippen LogP contribution in [0.1, 0.15) is 34.4 Å². The van der Waals surface area contributed by atoms with Crippen molar-refractivity contribution in [2.75, 3.05) is 10.6 Å². The fraction of sp³-hybridized carbons (Fsp3) is 0.381. The molecule has 0 saturated carbocycles. The molecule has 3 aromatic rings. The molecule has 1 aromatic carbocycles. The summed E-state index contributed by atoms with van der Waals surface area (Å²) >= 11 is 2.74. The highest BCUT2D eigenvalue weighted by Gasteiger charge is 2.21. The number of hydrogen-bond donors (Lipinski definition) is 2. The van der Waals surface area contributed by atoms with Crippen molar-refractivity contribution in [2.45, 2.75) is 51.4 Å². The summed E-state index contributed by atoms with van der Waals surface area (Å²) in [6.07, 6.45) is 0.0929. The van der Waals surface area contributed by atoms with Gasteiger partial charge in [0, 0.05) is 17.6 Å². The number of aromatic nitrogens is 4. The molecule has 31 heavy (non-hydrogen) atoms. The van der Waals surface area contributed by atoms with E-state index in [1.165, 1.54) is 23.1 Å². The topological polar surface area (TPSA) is 102 Å². The van der Waals surface area contributed by atoms with Crippen LogP contribution in [-0.4, -0.2) is 36.8 Å². The maximum absolute atomic E-state index is 12.5. The molecular formula is C21H26N6O2S2. The lowest BCUT2D eigenvalue weighted by atomic mass is 10.1. The number of aryl methyl sites for hydroxylation is 4. The van der Waals surface area contributed by atoms with Crippen LogP contribution in [0.15, 0.2) is 23.4 Å². The van der Waals surface area contributed by atoms with Gasteiger partial charge in [-0.25, -0.2) is 4.98 Å². The summed E-state index contributed by atoms with van der Waals surface area (Å²) < 4.78 is 1.74. The third-order valence-corrected chi connectivity index (χ3v) is 6.93. The number of benzene rings is 1. The molecule has 2 N–H and O–H groups in total. The molecule has 3 rings (SSSR count). The second-order valence-corrected chi connectivity index (χ2v) is 9.92. The van der Waals surface area contributed by atoms with Gasteiger partial charge in [0.15, 0.2) is 10.3 Å². The molecule has 2 aromatic heterocycles. The molecule has 0 bridgehead atoms. The molecule has 1 atom stereocenters. The number of anilines is 2. The van der Waals surface area contributed by atoms with Gasteiger partial charge in [0.25, 0.3) is 0 Å². The Bertz CT molecular complexity index is 1100. The third-order valence-electron chi connectivity index (χ3n) is 4.81. The van der Waals surface area contributed by atoms with Crippen molar-refractivity contribution in [3.8, 4) is 0 Å². The monoisotopic (exact) mass is 458 g/mol. The molecule has 0 unspecified atom stereocenters. The second-order valence-electron chi connectivity index (χ2n) is 7.41. The molecule has 2 amide bonds. The van der Waals surface area contributed by atoms with Gasteiger partial charge in [-0.2, -0.15) is 0 Å². The van der Waals surface area contributed by atoms with Crippen molar-refractivity contribution >= 4 is 45.7 Å². The minimum absolute atomic E-state index is 0.0929. The van der Waals surface area contributed by atoms with E-state index in [4.69, 9.17) is 0 Å². The zero-order valence-electron chi connectivity index (χ0n) is 18.4. The molecule has 0 fully saturated rings. The molecule has 8 nitrogen and oxygen atoms in total. The minimum Gasteiger partial charge on any atom is -0.325 e. The van der Waals surface area contributed by atoms with Crippen molar-refractivity contribution in [1.29, 1.82) is 0 Å². The van der Waals surface area contributed by atoms with E-state index in [9.17, 15) is 9.59 Å². The van der Waals surface area contributed by atoms with E-state index in [1.54, 1.807) is 18.5 Å². The van der Waals surface area contributed by atoms with E-state index in [-0.39, 0.29) is 18.2 Å². The average molecular weight is 459 g/mol. The number of carbonyl (C=O) groups is 2. The quantitative estimate of drug-likeness (QED) is 0.522. The van der Waals surface area contributed by atoms with Crippen LogP contribution in [0.5, 0.6) is 0 Å². The zero-order valence-corrected chi connectivity index (χ0v) is 20.1. The van der Waals surface area contributed by atoms with Crippen LogP contribution in [0, 0.1) is 27.7 Å². The van der Waals surface area contributed by atoms with Gasteiger partial charge in [0.1, 0.15) is 5.82 Å². The van der Waals surface area contributed by atoms with Crippen LogP contribution < -0.4 is 10.6 Å². The van der Waals surface area contributed by atoms with Gasteiger partial charge >= 0.3 is 0 Å². The van der Waals surface area contributed by atoms with Gasteiger partial charge in [0.05, 0.1) is 17.4 Å². The summed E-state index contributed by atoms with van der Waals surface area (Å²) in [7, 11) is 1.79. The molecule has 0 aliphatic carbocycles. The summed E-state index contributed by atoms with van der Waals surface area (Å²) in [5, 5.41) is 14.8. The van der Waals surface area contributed by atoms with Crippen molar-refractivity contribution in [3.63, 3.8) is 0 Å². The van der Waals surface area contributed by atoms with Crippen LogP contribution in [0.3, 0.4) is 0 Å². The first-order valence-corrected chi connectivity index (χ1v) is 11.5. The first-order chi connectivity index (χ1) is 14.6. The van der Waals surface area contributed by atoms with E-state index in [0.717, 1.165) is 27.4 Å². The highest BCUT2D eigenvalue weighted by molar-refractivity contribution is 8.00. The number of hydrogen-bond acceptors (Lipinski definition) is 7. The van der Waals surface area contributed by atoms with E-state index in [1.807, 2.05) is 45.9 Å². The fourth-order valence-corrected chi connectivity index (χ4v) is 4.49. The van der Waals surface area contributed by atoms with Gasteiger partial charge < -0.3 is 15.2 Å². The Kier molecular flexibility index (Phi) is 7.11. The van der Waals surface area contributed by atoms with Gasteiger partial charge in [-0.15, -0.1) is 21.5 Å². The van der Waals surface area contributed by atoms with E-state index < -0.39 is 5.25 Å². The van der Waals surface area contributed by atoms with Crippen molar-refractivity contribution < 1.29 is 9.59 Å². The average Bonchev–Trinajstić information content (AvgIpc) is 3.19. The van der Waals surface area contributed by atoms with Crippen molar-refractivity contribution in [2.24, 2.45) is 7.05 Å². The van der Waals surface area contributed by atoms with Gasteiger partial charge in [-0.05, 0) is 46.2 Å². The molecular weight excluding hydrogens is 432 g/mol. The predicted molar refractivity (Wildman–Crippen MR) is 125 cm³/mol. The Labute approximate surface area is 189 Å². The Morgan fingerprint density at radius 3 is 2.55 bits per heavy atom. The van der Waals surface area contributed by atoms with Crippen LogP contribution in [0.2, 0.25) is 0 Å². The lowest BCUT2D eigenvalue weighted by Gasteiger charge is -2.11. The molecule has 0 spiro atoms. The number of rotatable bonds is 7. The van der Waals surface area contributed by atoms with E-state index in [2.05, 4.69) is 25.8 Å². The lowest BCUT2D eigenvalue weighted by Crippen LogP contribution is -2.23. The van der Waals surface area contributed by atoms with Crippen molar-refractivity contribution in [3.05, 3.63) is 45.7 Å². The summed E-state index contributed by atoms with van der Waals surface area (Å²) in [6, 6.07) is 5.88. The predicted octanol–water partition coefficient (Wildman–Crippen LogP) is 3.81. The summed E-state index contributed by atoms with van der Waals surface area (Å²) in [6.45, 7) is 9.65. The summed E-state index contributed by atoms with van der Waals surface area (Å²) in [5.41, 5.74) is 3.85. The molecule has 0 aliphatic heterocycles. The summed E-state index contributed by atoms with van der Waals surface area (Å²) in [5.74, 6) is 0.207. The van der Waals surface area contributed by atoms with E-state index in [0.29, 0.717) is 16.1 Å². The first-order valence-electron chi connectivity index (χ1n) is 9.81. The first kappa shape index (κ1) is 23.0. The van der Waals surface area contributed by atoms with Crippen LogP contribution in [0.25, 0.3) is 0 Å². The van der Waals surface area contributed by atoms with Crippen LogP contribution in [-0.2, 0) is 23.1 Å². The molecule has 10 heteroatoms. The molecule has 2 heterocycles. The minimum atomic E-state index is -0.399. The number of carbonyl (C=O) groups excluding carboxylic acids is 2. The zero-order chi connectivity index (χ0) is 22.7.